The van der Waals surface area contributed by atoms with E-state index in [2.05, 4.69) is 0 Å². The van der Waals surface area contributed by atoms with Crippen molar-refractivity contribution in [2.75, 3.05) is 7.11 Å². The molecule has 1 aliphatic carbocycles. The SMILES string of the molecule is COC1(CC(O)c2cc(Cl)ccc2Cl)CCC1. The zero-order chi connectivity index (χ0) is 12.5. The van der Waals surface area contributed by atoms with E-state index in [4.69, 9.17) is 27.9 Å². The molecule has 1 aliphatic rings. The maximum Gasteiger partial charge on any atom is 0.0832 e. The quantitative estimate of drug-likeness (QED) is 0.900. The van der Waals surface area contributed by atoms with E-state index < -0.39 is 6.10 Å². The monoisotopic (exact) mass is 274 g/mol. The van der Waals surface area contributed by atoms with E-state index >= 15 is 0 Å². The van der Waals surface area contributed by atoms with Gasteiger partial charge in [-0.2, -0.15) is 0 Å². The summed E-state index contributed by atoms with van der Waals surface area (Å²) in [7, 11) is 1.70. The van der Waals surface area contributed by atoms with Gasteiger partial charge in [-0.1, -0.05) is 23.2 Å². The van der Waals surface area contributed by atoms with Crippen LogP contribution < -0.4 is 0 Å². The van der Waals surface area contributed by atoms with Crippen LogP contribution in [0.3, 0.4) is 0 Å². The molecule has 1 unspecified atom stereocenters. The van der Waals surface area contributed by atoms with Crippen molar-refractivity contribution < 1.29 is 9.84 Å². The second-order valence-corrected chi connectivity index (χ2v) is 5.47. The molecule has 0 aliphatic heterocycles. The molecule has 0 radical (unpaired) electrons. The third kappa shape index (κ3) is 2.76. The zero-order valence-electron chi connectivity index (χ0n) is 9.75. The molecule has 17 heavy (non-hydrogen) atoms. The first-order chi connectivity index (χ1) is 8.06. The summed E-state index contributed by atoms with van der Waals surface area (Å²) in [6, 6.07) is 5.15. The molecule has 0 amide bonds. The molecule has 1 aromatic carbocycles. The average molecular weight is 275 g/mol. The Morgan fingerprint density at radius 2 is 2.12 bits per heavy atom. The Kier molecular flexibility index (Phi) is 3.99. The molecule has 0 saturated heterocycles. The van der Waals surface area contributed by atoms with Gasteiger partial charge in [0.15, 0.2) is 0 Å². The molecule has 0 bridgehead atoms. The highest BCUT2D eigenvalue weighted by atomic mass is 35.5. The van der Waals surface area contributed by atoms with E-state index in [-0.39, 0.29) is 5.60 Å². The molecule has 1 aromatic rings. The van der Waals surface area contributed by atoms with Crippen LogP contribution in [0.1, 0.15) is 37.4 Å². The van der Waals surface area contributed by atoms with Crippen molar-refractivity contribution in [3.05, 3.63) is 33.8 Å². The first-order valence-electron chi connectivity index (χ1n) is 5.74. The van der Waals surface area contributed by atoms with Crippen LogP contribution in [0.2, 0.25) is 10.0 Å². The number of benzene rings is 1. The van der Waals surface area contributed by atoms with E-state index in [0.717, 1.165) is 19.3 Å². The lowest BCUT2D eigenvalue weighted by atomic mass is 9.75. The van der Waals surface area contributed by atoms with Gasteiger partial charge in [0, 0.05) is 29.1 Å². The molecule has 2 nitrogen and oxygen atoms in total. The number of aliphatic hydroxyl groups is 1. The average Bonchev–Trinajstić information content (AvgIpc) is 2.26. The number of ether oxygens (including phenoxy) is 1. The van der Waals surface area contributed by atoms with Crippen LogP contribution in [-0.2, 0) is 4.74 Å². The predicted molar refractivity (Wildman–Crippen MR) is 69.6 cm³/mol. The van der Waals surface area contributed by atoms with E-state index in [9.17, 15) is 5.11 Å². The van der Waals surface area contributed by atoms with Gasteiger partial charge in [-0.3, -0.25) is 0 Å². The maximum atomic E-state index is 10.2. The maximum absolute atomic E-state index is 10.2. The molecule has 0 heterocycles. The van der Waals surface area contributed by atoms with Gasteiger partial charge in [0.05, 0.1) is 11.7 Å². The summed E-state index contributed by atoms with van der Waals surface area (Å²) in [5.41, 5.74) is 0.507. The lowest BCUT2D eigenvalue weighted by Crippen LogP contribution is -2.40. The summed E-state index contributed by atoms with van der Waals surface area (Å²) in [6.07, 6.45) is 3.10. The molecular formula is C13H16Cl2O2. The number of hydrogen-bond acceptors (Lipinski definition) is 2. The summed E-state index contributed by atoms with van der Waals surface area (Å²) in [5, 5.41) is 11.4. The Morgan fingerprint density at radius 1 is 1.41 bits per heavy atom. The van der Waals surface area contributed by atoms with Crippen LogP contribution in [0, 0.1) is 0 Å². The summed E-state index contributed by atoms with van der Waals surface area (Å²) in [4.78, 5) is 0. The van der Waals surface area contributed by atoms with Gasteiger partial charge in [0.1, 0.15) is 0 Å². The van der Waals surface area contributed by atoms with Crippen LogP contribution in [-0.4, -0.2) is 17.8 Å². The van der Waals surface area contributed by atoms with Gasteiger partial charge in [0.2, 0.25) is 0 Å². The fraction of sp³-hybridized carbons (Fsp3) is 0.538. The van der Waals surface area contributed by atoms with Gasteiger partial charge < -0.3 is 9.84 Å². The van der Waals surface area contributed by atoms with Crippen molar-refractivity contribution in [3.63, 3.8) is 0 Å². The van der Waals surface area contributed by atoms with Crippen molar-refractivity contribution in [1.82, 2.24) is 0 Å². The molecule has 1 atom stereocenters. The highest BCUT2D eigenvalue weighted by Crippen LogP contribution is 2.43. The normalized spacial score (nSPS) is 19.8. The Labute approximate surface area is 111 Å². The fourth-order valence-electron chi connectivity index (χ4n) is 2.29. The van der Waals surface area contributed by atoms with E-state index in [0.29, 0.717) is 22.0 Å². The molecule has 1 fully saturated rings. The minimum absolute atomic E-state index is 0.176. The summed E-state index contributed by atoms with van der Waals surface area (Å²) in [5.74, 6) is 0. The van der Waals surface area contributed by atoms with Gasteiger partial charge >= 0.3 is 0 Å². The third-order valence-electron chi connectivity index (χ3n) is 3.58. The minimum Gasteiger partial charge on any atom is -0.388 e. The molecule has 2 rings (SSSR count). The number of methoxy groups -OCH3 is 1. The Bertz CT molecular complexity index is 397. The van der Waals surface area contributed by atoms with E-state index in [1.54, 1.807) is 25.3 Å². The standard InChI is InChI=1S/C13H16Cl2O2/c1-17-13(5-2-6-13)8-12(16)10-7-9(14)3-4-11(10)15/h3-4,7,12,16H,2,5-6,8H2,1H3. The number of rotatable bonds is 4. The van der Waals surface area contributed by atoms with Crippen molar-refractivity contribution in [2.24, 2.45) is 0 Å². The van der Waals surface area contributed by atoms with Gasteiger partial charge in [-0.25, -0.2) is 0 Å². The molecule has 94 valence electrons. The molecule has 1 saturated carbocycles. The minimum atomic E-state index is -0.624. The molecule has 0 aromatic heterocycles. The van der Waals surface area contributed by atoms with Crippen molar-refractivity contribution in [2.45, 2.75) is 37.4 Å². The van der Waals surface area contributed by atoms with Crippen molar-refractivity contribution >= 4 is 23.2 Å². The molecule has 0 spiro atoms. The number of hydrogen-bond donors (Lipinski definition) is 1. The van der Waals surface area contributed by atoms with Crippen LogP contribution in [0.4, 0.5) is 0 Å². The van der Waals surface area contributed by atoms with Gasteiger partial charge in [0.25, 0.3) is 0 Å². The summed E-state index contributed by atoms with van der Waals surface area (Å²) >= 11 is 12.0. The zero-order valence-corrected chi connectivity index (χ0v) is 11.3. The molecule has 4 heteroatoms. The Hall–Kier alpha value is -0.280. The fourth-order valence-corrected chi connectivity index (χ4v) is 2.72. The smallest absolute Gasteiger partial charge is 0.0832 e. The largest absolute Gasteiger partial charge is 0.388 e. The molecule has 1 N–H and O–H groups in total. The van der Waals surface area contributed by atoms with Crippen LogP contribution in [0.15, 0.2) is 18.2 Å². The summed E-state index contributed by atoms with van der Waals surface area (Å²) in [6.45, 7) is 0. The summed E-state index contributed by atoms with van der Waals surface area (Å²) < 4.78 is 5.50. The molecular weight excluding hydrogens is 259 g/mol. The second kappa shape index (κ2) is 5.15. The first-order valence-corrected chi connectivity index (χ1v) is 6.50. The lowest BCUT2D eigenvalue weighted by Gasteiger charge is -2.42. The van der Waals surface area contributed by atoms with E-state index in [1.165, 1.54) is 0 Å². The van der Waals surface area contributed by atoms with Gasteiger partial charge in [-0.05, 0) is 37.5 Å². The van der Waals surface area contributed by atoms with E-state index in [1.807, 2.05) is 0 Å². The van der Waals surface area contributed by atoms with Crippen LogP contribution in [0.25, 0.3) is 0 Å². The van der Waals surface area contributed by atoms with Crippen molar-refractivity contribution in [1.29, 1.82) is 0 Å². The lowest BCUT2D eigenvalue weighted by molar-refractivity contribution is -0.0998. The highest BCUT2D eigenvalue weighted by molar-refractivity contribution is 6.33. The van der Waals surface area contributed by atoms with Crippen molar-refractivity contribution in [3.8, 4) is 0 Å². The van der Waals surface area contributed by atoms with Crippen LogP contribution >= 0.6 is 23.2 Å². The third-order valence-corrected chi connectivity index (χ3v) is 4.16. The second-order valence-electron chi connectivity index (χ2n) is 4.63. The van der Waals surface area contributed by atoms with Crippen LogP contribution in [0.5, 0.6) is 0 Å². The number of halogens is 2. The van der Waals surface area contributed by atoms with Gasteiger partial charge in [-0.15, -0.1) is 0 Å². The highest BCUT2D eigenvalue weighted by Gasteiger charge is 2.39. The first kappa shape index (κ1) is 13.2. The topological polar surface area (TPSA) is 29.5 Å². The number of aliphatic hydroxyl groups excluding tert-OH is 1. The Balaban J connectivity index is 2.13. The predicted octanol–water partition coefficient (Wildman–Crippen LogP) is 3.99. The Morgan fingerprint density at radius 3 is 2.65 bits per heavy atom.